The molecule has 0 aliphatic carbocycles. The number of β-amino-alcohol motifs (C(OH)–C–C–N with tert-alkyl or cyclic N) is 1. The molecule has 0 spiro atoms. The van der Waals surface area contributed by atoms with Gasteiger partial charge < -0.3 is 39.7 Å². The average Bonchev–Trinajstić information content (AvgIpc) is 3.57. The van der Waals surface area contributed by atoms with E-state index in [1.54, 1.807) is 31.3 Å². The van der Waals surface area contributed by atoms with E-state index in [1.165, 1.54) is 6.20 Å². The molecule has 51 heavy (non-hydrogen) atoms. The number of pyridine rings is 1. The van der Waals surface area contributed by atoms with E-state index in [0.29, 0.717) is 34.3 Å². The number of aliphatic hydroxyl groups is 3. The normalized spacial score (nSPS) is 14.7. The van der Waals surface area contributed by atoms with Crippen LogP contribution in [0.2, 0.25) is 5.02 Å². The van der Waals surface area contributed by atoms with Crippen LogP contribution in [0, 0.1) is 25.2 Å². The fourth-order valence-corrected chi connectivity index (χ4v) is 6.29. The van der Waals surface area contributed by atoms with Gasteiger partial charge in [0.2, 0.25) is 0 Å². The van der Waals surface area contributed by atoms with Crippen LogP contribution in [0.5, 0.6) is 17.2 Å². The van der Waals surface area contributed by atoms with Crippen molar-refractivity contribution >= 4 is 11.6 Å². The Hall–Kier alpha value is -4.21. The molecule has 1 aromatic heterocycles. The van der Waals surface area contributed by atoms with Crippen molar-refractivity contribution in [2.75, 3.05) is 39.5 Å². The zero-order chi connectivity index (χ0) is 36.4. The number of aliphatic hydroxyl groups excluding tert-OH is 3. The van der Waals surface area contributed by atoms with Gasteiger partial charge in [-0.15, -0.1) is 0 Å². The van der Waals surface area contributed by atoms with Gasteiger partial charge in [0.25, 0.3) is 0 Å². The largest absolute Gasteiger partial charge is 0.493 e. The third kappa shape index (κ3) is 9.98. The molecule has 5 rings (SSSR count). The molecule has 0 radical (unpaired) electrons. The lowest BCUT2D eigenvalue weighted by Crippen LogP contribution is -2.48. The molecule has 1 fully saturated rings. The summed E-state index contributed by atoms with van der Waals surface area (Å²) in [5.74, 6) is 1.79. The minimum Gasteiger partial charge on any atom is -0.493 e. The predicted molar refractivity (Wildman–Crippen MR) is 197 cm³/mol. The van der Waals surface area contributed by atoms with Crippen LogP contribution in [0.1, 0.15) is 53.1 Å². The number of likely N-dealkylation sites (tertiary alicyclic amines) is 1. The standard InChI is InChI=1S/C40H47ClN4O6/c1-27-31(7-4-8-34(27)35-9-5-10-37(28(35)2)49-14-6-12-45-13-11-33(48)22-45)24-51-39-17-38(50-23-30-15-29(18-42)19-43-20-30)32(16-36(39)41)21-44-40(3,25-46)26-47/h4-5,7-10,15-17,19-20,33,44,46-48H,6,11-14,21-26H2,1-3H3. The summed E-state index contributed by atoms with van der Waals surface area (Å²) in [6.07, 6.45) is 4.66. The molecule has 1 unspecified atom stereocenters. The smallest absolute Gasteiger partial charge is 0.142 e. The van der Waals surface area contributed by atoms with Gasteiger partial charge in [0.15, 0.2) is 0 Å². The van der Waals surface area contributed by atoms with Gasteiger partial charge >= 0.3 is 0 Å². The molecular weight excluding hydrogens is 668 g/mol. The van der Waals surface area contributed by atoms with E-state index in [0.717, 1.165) is 71.6 Å². The monoisotopic (exact) mass is 714 g/mol. The van der Waals surface area contributed by atoms with Crippen molar-refractivity contribution in [3.8, 4) is 34.4 Å². The van der Waals surface area contributed by atoms with Gasteiger partial charge in [-0.05, 0) is 79.6 Å². The van der Waals surface area contributed by atoms with Crippen LogP contribution in [-0.4, -0.2) is 76.3 Å². The van der Waals surface area contributed by atoms with Crippen molar-refractivity contribution < 1.29 is 29.5 Å². The highest BCUT2D eigenvalue weighted by Gasteiger charge is 2.23. The van der Waals surface area contributed by atoms with Crippen molar-refractivity contribution in [1.29, 1.82) is 5.26 Å². The highest BCUT2D eigenvalue weighted by molar-refractivity contribution is 6.32. The third-order valence-corrected chi connectivity index (χ3v) is 9.66. The second kappa shape index (κ2) is 17.8. The zero-order valence-corrected chi connectivity index (χ0v) is 30.2. The molecule has 1 atom stereocenters. The first-order valence-corrected chi connectivity index (χ1v) is 17.6. The van der Waals surface area contributed by atoms with Crippen molar-refractivity contribution in [3.05, 3.63) is 105 Å². The molecule has 11 heteroatoms. The van der Waals surface area contributed by atoms with Crippen molar-refractivity contribution in [3.63, 3.8) is 0 Å². The fourth-order valence-electron chi connectivity index (χ4n) is 6.05. The molecular formula is C40H47ClN4O6. The molecule has 1 aliphatic rings. The lowest BCUT2D eigenvalue weighted by molar-refractivity contribution is 0.103. The number of nitrogens with zero attached hydrogens (tertiary/aromatic N) is 3. The Labute approximate surface area is 305 Å². The number of hydrogen-bond donors (Lipinski definition) is 4. The first-order valence-electron chi connectivity index (χ1n) is 17.2. The molecule has 4 N–H and O–H groups in total. The van der Waals surface area contributed by atoms with Crippen LogP contribution in [0.3, 0.4) is 0 Å². The topological polar surface area (TPSA) is 140 Å². The summed E-state index contributed by atoms with van der Waals surface area (Å²) in [7, 11) is 0. The maximum absolute atomic E-state index is 9.79. The van der Waals surface area contributed by atoms with Crippen molar-refractivity contribution in [1.82, 2.24) is 15.2 Å². The van der Waals surface area contributed by atoms with E-state index in [2.05, 4.69) is 47.3 Å². The number of nitriles is 1. The van der Waals surface area contributed by atoms with Crippen molar-refractivity contribution in [2.24, 2.45) is 0 Å². The van der Waals surface area contributed by atoms with Gasteiger partial charge in [-0.25, -0.2) is 0 Å². The first kappa shape index (κ1) is 38.0. The molecule has 270 valence electrons. The summed E-state index contributed by atoms with van der Waals surface area (Å²) in [5, 5.41) is 42.2. The number of aromatic nitrogens is 1. The number of halogens is 1. The van der Waals surface area contributed by atoms with Crippen LogP contribution in [-0.2, 0) is 19.8 Å². The number of rotatable bonds is 17. The Morgan fingerprint density at radius 2 is 1.69 bits per heavy atom. The van der Waals surface area contributed by atoms with Crippen LogP contribution >= 0.6 is 11.6 Å². The van der Waals surface area contributed by atoms with E-state index in [1.807, 2.05) is 24.3 Å². The molecule has 0 amide bonds. The quantitative estimate of drug-likeness (QED) is 0.101. The number of hydrogen-bond acceptors (Lipinski definition) is 10. The Balaban J connectivity index is 1.31. The van der Waals surface area contributed by atoms with E-state index < -0.39 is 5.54 Å². The molecule has 3 aromatic carbocycles. The second-order valence-corrected chi connectivity index (χ2v) is 13.8. The second-order valence-electron chi connectivity index (χ2n) is 13.4. The van der Waals surface area contributed by atoms with Crippen LogP contribution in [0.4, 0.5) is 0 Å². The van der Waals surface area contributed by atoms with E-state index in [9.17, 15) is 20.6 Å². The maximum Gasteiger partial charge on any atom is 0.142 e. The number of ether oxygens (including phenoxy) is 3. The first-order chi connectivity index (χ1) is 24.6. The molecule has 0 saturated carbocycles. The third-order valence-electron chi connectivity index (χ3n) is 9.36. The van der Waals surface area contributed by atoms with Gasteiger partial charge in [-0.2, -0.15) is 5.26 Å². The number of nitrogens with one attached hydrogen (secondary N) is 1. The summed E-state index contributed by atoms with van der Waals surface area (Å²) in [4.78, 5) is 6.40. The van der Waals surface area contributed by atoms with Gasteiger partial charge in [0.05, 0.1) is 42.0 Å². The summed E-state index contributed by atoms with van der Waals surface area (Å²) in [5.41, 5.74) is 6.28. The summed E-state index contributed by atoms with van der Waals surface area (Å²) >= 11 is 6.76. The van der Waals surface area contributed by atoms with Gasteiger partial charge in [-0.1, -0.05) is 41.9 Å². The fraction of sp³-hybridized carbons (Fsp3) is 0.400. The van der Waals surface area contributed by atoms with Crippen LogP contribution < -0.4 is 19.5 Å². The Kier molecular flexibility index (Phi) is 13.3. The molecule has 1 aliphatic heterocycles. The van der Waals surface area contributed by atoms with Gasteiger partial charge in [0.1, 0.15) is 36.5 Å². The molecule has 2 heterocycles. The zero-order valence-electron chi connectivity index (χ0n) is 29.5. The summed E-state index contributed by atoms with van der Waals surface area (Å²) in [6.45, 7) is 9.23. The van der Waals surface area contributed by atoms with E-state index >= 15 is 0 Å². The SMILES string of the molecule is Cc1c(COc2cc(OCc3cncc(C#N)c3)c(CNC(C)(CO)CO)cc2Cl)cccc1-c1cccc(OCCCN2CCC(O)C2)c1C. The lowest BCUT2D eigenvalue weighted by Gasteiger charge is -2.27. The molecule has 1 saturated heterocycles. The van der Waals surface area contributed by atoms with Crippen molar-refractivity contribution in [2.45, 2.75) is 65.0 Å². The van der Waals surface area contributed by atoms with E-state index in [4.69, 9.17) is 25.8 Å². The highest BCUT2D eigenvalue weighted by Crippen LogP contribution is 2.36. The predicted octanol–water partition coefficient (Wildman–Crippen LogP) is 5.72. The van der Waals surface area contributed by atoms with Crippen LogP contribution in [0.25, 0.3) is 11.1 Å². The lowest BCUT2D eigenvalue weighted by atomic mass is 9.93. The Morgan fingerprint density at radius 3 is 2.41 bits per heavy atom. The minimum absolute atomic E-state index is 0.153. The Morgan fingerprint density at radius 1 is 0.941 bits per heavy atom. The molecule has 0 bridgehead atoms. The summed E-state index contributed by atoms with van der Waals surface area (Å²) in [6, 6.07) is 19.6. The van der Waals surface area contributed by atoms with E-state index in [-0.39, 0.29) is 39.1 Å². The number of benzene rings is 3. The van der Waals surface area contributed by atoms with Crippen LogP contribution in [0.15, 0.2) is 67.0 Å². The average molecular weight is 715 g/mol. The van der Waals surface area contributed by atoms with Gasteiger partial charge in [-0.3, -0.25) is 4.98 Å². The maximum atomic E-state index is 9.79. The Bertz CT molecular complexity index is 1830. The minimum atomic E-state index is -0.908. The molecule has 4 aromatic rings. The highest BCUT2D eigenvalue weighted by atomic mass is 35.5. The summed E-state index contributed by atoms with van der Waals surface area (Å²) < 4.78 is 18.8. The molecule has 10 nitrogen and oxygen atoms in total. The van der Waals surface area contributed by atoms with Gasteiger partial charge in [0, 0.05) is 55.8 Å².